The Morgan fingerprint density at radius 3 is 2.07 bits per heavy atom. The molecule has 0 bridgehead atoms. The average molecular weight is 467 g/mol. The molecule has 4 rings (SSSR count). The lowest BCUT2D eigenvalue weighted by Gasteiger charge is -2.15. The molecule has 0 saturated heterocycles. The van der Waals surface area contributed by atoms with Gasteiger partial charge in [0.05, 0.1) is 11.3 Å². The van der Waals surface area contributed by atoms with E-state index in [0.29, 0.717) is 22.4 Å². The summed E-state index contributed by atoms with van der Waals surface area (Å²) in [7, 11) is 0. The number of aliphatic hydroxyl groups is 1. The van der Waals surface area contributed by atoms with Crippen molar-refractivity contribution in [3.8, 4) is 0 Å². The van der Waals surface area contributed by atoms with E-state index in [-0.39, 0.29) is 11.3 Å². The van der Waals surface area contributed by atoms with E-state index in [9.17, 15) is 14.7 Å². The predicted octanol–water partition coefficient (Wildman–Crippen LogP) is 4.90. The average Bonchev–Trinajstić information content (AvgIpc) is 2.99. The molecule has 0 radical (unpaired) electrons. The summed E-state index contributed by atoms with van der Waals surface area (Å²) in [5.41, 5.74) is 2.11. The van der Waals surface area contributed by atoms with E-state index in [4.69, 9.17) is 0 Å². The number of halogens is 1. The lowest BCUT2D eigenvalue weighted by molar-refractivity contribution is -0.112. The van der Waals surface area contributed by atoms with Gasteiger partial charge < -0.3 is 5.11 Å². The number of fused-ring (bicyclic) bond motifs is 1. The van der Waals surface area contributed by atoms with Crippen LogP contribution in [0.25, 0.3) is 11.3 Å². The number of hydrogen-bond acceptors (Lipinski definition) is 3. The van der Waals surface area contributed by atoms with Crippen molar-refractivity contribution in [2.24, 2.45) is 0 Å². The summed E-state index contributed by atoms with van der Waals surface area (Å²) >= 11 is 2.14. The van der Waals surface area contributed by atoms with Gasteiger partial charge in [-0.25, -0.2) is 4.90 Å². The number of carbonyl (C=O) groups is 2. The molecule has 5 heteroatoms. The normalized spacial score (nSPS) is 14.9. The molecule has 1 aliphatic rings. The molecule has 3 aromatic carbocycles. The van der Waals surface area contributed by atoms with Crippen LogP contribution in [-0.2, 0) is 4.79 Å². The number of hydrogen-bond donors (Lipinski definition) is 1. The third-order valence-corrected chi connectivity index (χ3v) is 5.07. The van der Waals surface area contributed by atoms with E-state index < -0.39 is 11.8 Å². The van der Waals surface area contributed by atoms with E-state index in [2.05, 4.69) is 22.6 Å². The lowest BCUT2D eigenvalue weighted by Crippen LogP contribution is -2.33. The van der Waals surface area contributed by atoms with Crippen LogP contribution in [0.5, 0.6) is 0 Å². The van der Waals surface area contributed by atoms with Crippen molar-refractivity contribution in [2.45, 2.75) is 0 Å². The van der Waals surface area contributed by atoms with Crippen molar-refractivity contribution in [3.63, 3.8) is 0 Å². The summed E-state index contributed by atoms with van der Waals surface area (Å²) in [5, 5.41) is 10.8. The highest BCUT2D eigenvalue weighted by molar-refractivity contribution is 14.1. The van der Waals surface area contributed by atoms with Crippen LogP contribution in [0, 0.1) is 3.57 Å². The molecule has 27 heavy (non-hydrogen) atoms. The fourth-order valence-electron chi connectivity index (χ4n) is 3.12. The molecule has 3 aromatic rings. The molecule has 0 saturated carbocycles. The minimum atomic E-state index is -0.526. The molecule has 0 aliphatic carbocycles. The maximum absolute atomic E-state index is 13.2. The van der Waals surface area contributed by atoms with Crippen LogP contribution in [0.15, 0.2) is 78.9 Å². The number of aliphatic hydroxyl groups excluding tert-OH is 1. The van der Waals surface area contributed by atoms with Gasteiger partial charge in [-0.15, -0.1) is 0 Å². The van der Waals surface area contributed by atoms with Crippen molar-refractivity contribution in [1.29, 1.82) is 0 Å². The Balaban J connectivity index is 1.91. The Kier molecular flexibility index (Phi) is 4.53. The van der Waals surface area contributed by atoms with E-state index in [1.54, 1.807) is 60.7 Å². The van der Waals surface area contributed by atoms with E-state index in [0.717, 1.165) is 8.47 Å². The minimum absolute atomic E-state index is 0.133. The van der Waals surface area contributed by atoms with Gasteiger partial charge in [-0.3, -0.25) is 9.59 Å². The summed E-state index contributed by atoms with van der Waals surface area (Å²) in [6.45, 7) is 0. The van der Waals surface area contributed by atoms with Crippen molar-refractivity contribution in [1.82, 2.24) is 0 Å². The number of rotatable bonds is 2. The smallest absolute Gasteiger partial charge is 0.269 e. The quantitative estimate of drug-likeness (QED) is 0.253. The molecule has 0 atom stereocenters. The number of anilines is 1. The monoisotopic (exact) mass is 467 g/mol. The molecule has 132 valence electrons. The van der Waals surface area contributed by atoms with Crippen LogP contribution < -0.4 is 4.90 Å². The summed E-state index contributed by atoms with van der Waals surface area (Å²) in [5.74, 6) is -1.08. The van der Waals surface area contributed by atoms with Crippen LogP contribution in [0.4, 0.5) is 5.69 Å². The van der Waals surface area contributed by atoms with Crippen LogP contribution in [-0.4, -0.2) is 16.9 Å². The van der Waals surface area contributed by atoms with Crippen LogP contribution in [0.2, 0.25) is 0 Å². The van der Waals surface area contributed by atoms with Gasteiger partial charge >= 0.3 is 0 Å². The van der Waals surface area contributed by atoms with Gasteiger partial charge in [0, 0.05) is 20.3 Å². The Morgan fingerprint density at radius 2 is 1.44 bits per heavy atom. The first-order valence-electron chi connectivity index (χ1n) is 8.30. The van der Waals surface area contributed by atoms with Crippen LogP contribution >= 0.6 is 22.6 Å². The number of carbonyl (C=O) groups excluding carboxylic acids is 2. The maximum Gasteiger partial charge on any atom is 0.269 e. The third kappa shape index (κ3) is 3.04. The molecule has 1 heterocycles. The Labute approximate surface area is 169 Å². The van der Waals surface area contributed by atoms with Gasteiger partial charge in [0.2, 0.25) is 0 Å². The largest absolute Gasteiger partial charge is 0.506 e. The van der Waals surface area contributed by atoms with Gasteiger partial charge in [0.25, 0.3) is 11.8 Å². The first-order chi connectivity index (χ1) is 13.1. The molecule has 0 spiro atoms. The number of imide groups is 1. The number of nitrogens with zero attached hydrogens (tertiary/aromatic N) is 1. The van der Waals surface area contributed by atoms with E-state index >= 15 is 0 Å². The Morgan fingerprint density at radius 1 is 0.852 bits per heavy atom. The molecular weight excluding hydrogens is 453 g/mol. The first kappa shape index (κ1) is 17.5. The second-order valence-corrected chi connectivity index (χ2v) is 7.31. The molecule has 0 unspecified atom stereocenters. The van der Waals surface area contributed by atoms with Gasteiger partial charge in [-0.2, -0.15) is 0 Å². The highest BCUT2D eigenvalue weighted by atomic mass is 127. The number of benzene rings is 3. The van der Waals surface area contributed by atoms with Gasteiger partial charge in [-0.1, -0.05) is 54.6 Å². The first-order valence-corrected chi connectivity index (χ1v) is 9.38. The molecule has 0 aromatic heterocycles. The van der Waals surface area contributed by atoms with Gasteiger partial charge in [0.15, 0.2) is 0 Å². The van der Waals surface area contributed by atoms with Crippen molar-refractivity contribution in [2.75, 3.05) is 4.90 Å². The summed E-state index contributed by atoms with van der Waals surface area (Å²) in [6, 6.07) is 22.9. The highest BCUT2D eigenvalue weighted by Crippen LogP contribution is 2.41. The predicted molar refractivity (Wildman–Crippen MR) is 113 cm³/mol. The standard InChI is InChI=1S/C22H14INO3/c23-16-11-12-17-18(13-16)24(21(26)15-9-5-2-6-10-15)22(27)19(17)20(25)14-7-3-1-4-8-14/h1-13,25H/b20-19+. The van der Waals surface area contributed by atoms with Crippen LogP contribution in [0.1, 0.15) is 21.5 Å². The maximum atomic E-state index is 13.2. The minimum Gasteiger partial charge on any atom is -0.506 e. The zero-order chi connectivity index (χ0) is 19.0. The van der Waals surface area contributed by atoms with E-state index in [1.807, 2.05) is 18.2 Å². The molecular formula is C22H14INO3. The van der Waals surface area contributed by atoms with Crippen LogP contribution in [0.3, 0.4) is 0 Å². The lowest BCUT2D eigenvalue weighted by atomic mass is 10.0. The summed E-state index contributed by atoms with van der Waals surface area (Å²) in [6.07, 6.45) is 0. The zero-order valence-corrected chi connectivity index (χ0v) is 16.3. The third-order valence-electron chi connectivity index (χ3n) is 4.39. The van der Waals surface area contributed by atoms with Crippen molar-refractivity contribution < 1.29 is 14.7 Å². The second-order valence-electron chi connectivity index (χ2n) is 6.06. The van der Waals surface area contributed by atoms with Crippen molar-refractivity contribution in [3.05, 3.63) is 99.1 Å². The summed E-state index contributed by atoms with van der Waals surface area (Å²) < 4.78 is 0.894. The molecule has 1 aliphatic heterocycles. The molecule has 2 amide bonds. The number of amides is 2. The fourth-order valence-corrected chi connectivity index (χ4v) is 3.59. The fraction of sp³-hybridized carbons (Fsp3) is 0. The molecule has 1 N–H and O–H groups in total. The van der Waals surface area contributed by atoms with Crippen molar-refractivity contribution >= 4 is 51.4 Å². The Bertz CT molecular complexity index is 1080. The summed E-state index contributed by atoms with van der Waals surface area (Å²) in [4.78, 5) is 27.4. The molecule has 0 fully saturated rings. The van der Waals surface area contributed by atoms with Gasteiger partial charge in [0.1, 0.15) is 5.76 Å². The van der Waals surface area contributed by atoms with E-state index in [1.165, 1.54) is 0 Å². The highest BCUT2D eigenvalue weighted by Gasteiger charge is 2.39. The SMILES string of the molecule is O=C1/C(=C(/O)c2ccccc2)c2ccc(I)cc2N1C(=O)c1ccccc1. The topological polar surface area (TPSA) is 57.6 Å². The van der Waals surface area contributed by atoms with Gasteiger partial charge in [-0.05, 0) is 46.9 Å². The second kappa shape index (κ2) is 7.00. The molecule has 4 nitrogen and oxygen atoms in total. The zero-order valence-electron chi connectivity index (χ0n) is 14.1. The Hall–Kier alpha value is -2.93.